The molecule has 1 aliphatic rings. The van der Waals surface area contributed by atoms with E-state index in [-0.39, 0.29) is 46.5 Å². The number of ether oxygens (including phenoxy) is 1. The van der Waals surface area contributed by atoms with Crippen molar-refractivity contribution in [3.8, 4) is 22.8 Å². The van der Waals surface area contributed by atoms with E-state index in [2.05, 4.69) is 25.3 Å². The zero-order chi connectivity index (χ0) is 32.7. The molecule has 13 heteroatoms. The average molecular weight is 613 g/mol. The van der Waals surface area contributed by atoms with E-state index in [1.165, 1.54) is 31.5 Å². The van der Waals surface area contributed by atoms with Gasteiger partial charge < -0.3 is 10.1 Å². The first-order valence-corrected chi connectivity index (χ1v) is 13.5. The lowest BCUT2D eigenvalue weighted by Crippen LogP contribution is -2.41. The predicted molar refractivity (Wildman–Crippen MR) is 153 cm³/mol. The molecule has 0 saturated heterocycles. The SMILES string of the molecule is [2H]C([2H])(Oc1cc2n(c(=O)c1Cl)-c1c(cnc(-c3ccnc(C(C)(C)NC(C)=O)n3)c1F)/C=C/CCC2)c1ncc(F)cc1F. The van der Waals surface area contributed by atoms with Gasteiger partial charge in [-0.05, 0) is 39.2 Å². The van der Waals surface area contributed by atoms with Crippen molar-refractivity contribution in [2.75, 3.05) is 0 Å². The van der Waals surface area contributed by atoms with Crippen LogP contribution in [0.2, 0.25) is 5.02 Å². The molecule has 1 aliphatic heterocycles. The molecule has 222 valence electrons. The largest absolute Gasteiger partial charge is 0.485 e. The Kier molecular flexibility index (Phi) is 7.58. The number of amides is 1. The minimum atomic E-state index is -2.96. The number of aryl methyl sites for hydroxylation is 1. The van der Waals surface area contributed by atoms with E-state index < -0.39 is 51.6 Å². The van der Waals surface area contributed by atoms with Crippen LogP contribution in [0, 0.1) is 17.5 Å². The zero-order valence-corrected chi connectivity index (χ0v) is 24.0. The fourth-order valence-corrected chi connectivity index (χ4v) is 4.80. The second-order valence-electron chi connectivity index (χ2n) is 10.2. The summed E-state index contributed by atoms with van der Waals surface area (Å²) in [5, 5.41) is 2.12. The van der Waals surface area contributed by atoms with Gasteiger partial charge in [0.05, 0.1) is 25.9 Å². The van der Waals surface area contributed by atoms with Crippen LogP contribution in [-0.2, 0) is 23.3 Å². The Bertz CT molecular complexity index is 1920. The van der Waals surface area contributed by atoms with Crippen molar-refractivity contribution in [2.45, 2.75) is 52.1 Å². The predicted octanol–water partition coefficient (Wildman–Crippen LogP) is 5.45. The molecule has 0 atom stereocenters. The van der Waals surface area contributed by atoms with Gasteiger partial charge in [-0.25, -0.2) is 23.1 Å². The molecular formula is C30H26ClF3N6O3. The zero-order valence-electron chi connectivity index (χ0n) is 25.2. The molecule has 1 N–H and O–H groups in total. The average Bonchev–Trinajstić information content (AvgIpc) is 3.04. The summed E-state index contributed by atoms with van der Waals surface area (Å²) in [7, 11) is 0. The Morgan fingerprint density at radius 3 is 2.74 bits per heavy atom. The third kappa shape index (κ3) is 6.14. The minimum Gasteiger partial charge on any atom is -0.485 e. The third-order valence-electron chi connectivity index (χ3n) is 6.55. The molecule has 9 nitrogen and oxygen atoms in total. The number of hydrogen-bond donors (Lipinski definition) is 1. The van der Waals surface area contributed by atoms with Crippen molar-refractivity contribution in [2.24, 2.45) is 0 Å². The van der Waals surface area contributed by atoms with Crippen LogP contribution in [-0.4, -0.2) is 30.4 Å². The molecule has 43 heavy (non-hydrogen) atoms. The van der Waals surface area contributed by atoms with E-state index in [4.69, 9.17) is 19.1 Å². The molecule has 5 heterocycles. The highest BCUT2D eigenvalue weighted by Gasteiger charge is 2.28. The normalized spacial score (nSPS) is 14.7. The maximum Gasteiger partial charge on any atom is 0.278 e. The highest BCUT2D eigenvalue weighted by atomic mass is 35.5. The van der Waals surface area contributed by atoms with Gasteiger partial charge >= 0.3 is 0 Å². The summed E-state index contributed by atoms with van der Waals surface area (Å²) >= 11 is 6.40. The smallest absolute Gasteiger partial charge is 0.278 e. The van der Waals surface area contributed by atoms with Gasteiger partial charge in [0, 0.05) is 42.7 Å². The number of carbonyl (C=O) groups is 1. The number of halogens is 4. The van der Waals surface area contributed by atoms with Crippen molar-refractivity contribution in [3.63, 3.8) is 0 Å². The number of pyridine rings is 3. The van der Waals surface area contributed by atoms with Crippen LogP contribution in [0.1, 0.15) is 59.1 Å². The molecular weight excluding hydrogens is 585 g/mol. The fourth-order valence-electron chi connectivity index (χ4n) is 4.63. The molecule has 0 saturated carbocycles. The summed E-state index contributed by atoms with van der Waals surface area (Å²) in [6.45, 7) is 1.77. The van der Waals surface area contributed by atoms with Crippen molar-refractivity contribution in [1.82, 2.24) is 29.8 Å². The summed E-state index contributed by atoms with van der Waals surface area (Å²) in [5.74, 6) is -3.77. The van der Waals surface area contributed by atoms with Gasteiger partial charge in [0.25, 0.3) is 5.56 Å². The van der Waals surface area contributed by atoms with Crippen LogP contribution in [0.4, 0.5) is 13.2 Å². The lowest BCUT2D eigenvalue weighted by atomic mass is 10.0. The Labute approximate surface area is 252 Å². The first-order valence-electron chi connectivity index (χ1n) is 14.1. The lowest BCUT2D eigenvalue weighted by Gasteiger charge is -2.24. The molecule has 0 unspecified atom stereocenters. The van der Waals surface area contributed by atoms with Crippen molar-refractivity contribution >= 4 is 23.6 Å². The highest BCUT2D eigenvalue weighted by molar-refractivity contribution is 6.31. The van der Waals surface area contributed by atoms with Gasteiger partial charge in [0.1, 0.15) is 34.5 Å². The van der Waals surface area contributed by atoms with E-state index >= 15 is 4.39 Å². The van der Waals surface area contributed by atoms with Gasteiger partial charge in [0.2, 0.25) is 5.91 Å². The summed E-state index contributed by atoms with van der Waals surface area (Å²) in [6, 6.07) is 3.16. The number of nitrogens with zero attached hydrogens (tertiary/aromatic N) is 5. The lowest BCUT2D eigenvalue weighted by molar-refractivity contribution is -0.120. The van der Waals surface area contributed by atoms with E-state index in [1.54, 1.807) is 26.0 Å². The Morgan fingerprint density at radius 1 is 1.21 bits per heavy atom. The number of carbonyl (C=O) groups excluding carboxylic acids is 1. The number of allylic oxidation sites excluding steroid dienone is 1. The highest BCUT2D eigenvalue weighted by Crippen LogP contribution is 2.32. The van der Waals surface area contributed by atoms with Crippen LogP contribution >= 0.6 is 11.6 Å². The van der Waals surface area contributed by atoms with Gasteiger partial charge in [-0.15, -0.1) is 0 Å². The fraction of sp³-hybridized carbons (Fsp3) is 0.267. The van der Waals surface area contributed by atoms with Crippen molar-refractivity contribution < 1.29 is 25.4 Å². The molecule has 0 aromatic carbocycles. The number of hydrogen-bond acceptors (Lipinski definition) is 7. The van der Waals surface area contributed by atoms with E-state index in [9.17, 15) is 18.4 Å². The molecule has 4 aromatic heterocycles. The van der Waals surface area contributed by atoms with E-state index in [0.29, 0.717) is 25.1 Å². The maximum atomic E-state index is 16.6. The molecule has 0 radical (unpaired) electrons. The van der Waals surface area contributed by atoms with Crippen LogP contribution < -0.4 is 15.6 Å². The number of nitrogens with one attached hydrogen (secondary N) is 1. The van der Waals surface area contributed by atoms with Crippen LogP contribution in [0.15, 0.2) is 47.7 Å². The Balaban J connectivity index is 1.66. The molecule has 0 spiro atoms. The molecule has 4 aromatic rings. The quantitative estimate of drug-likeness (QED) is 0.308. The Morgan fingerprint density at radius 2 is 2.00 bits per heavy atom. The number of aromatic nitrogens is 5. The number of rotatable bonds is 6. The van der Waals surface area contributed by atoms with Gasteiger partial charge in [-0.3, -0.25) is 24.1 Å². The first-order chi connectivity index (χ1) is 21.2. The summed E-state index contributed by atoms with van der Waals surface area (Å²) in [6.07, 6.45) is 8.12. The minimum absolute atomic E-state index is 0.0882. The molecule has 0 bridgehead atoms. The van der Waals surface area contributed by atoms with E-state index in [0.717, 1.165) is 4.57 Å². The summed E-state index contributed by atoms with van der Waals surface area (Å²) in [5.41, 5.74) is -2.60. The third-order valence-corrected chi connectivity index (χ3v) is 6.90. The molecule has 0 aliphatic carbocycles. The van der Waals surface area contributed by atoms with Gasteiger partial charge in [0.15, 0.2) is 17.5 Å². The summed E-state index contributed by atoms with van der Waals surface area (Å²) in [4.78, 5) is 42.0. The van der Waals surface area contributed by atoms with Crippen LogP contribution in [0.3, 0.4) is 0 Å². The summed E-state index contributed by atoms with van der Waals surface area (Å²) < 4.78 is 67.3. The maximum absolute atomic E-state index is 16.6. The topological polar surface area (TPSA) is 112 Å². The Hall–Kier alpha value is -4.58. The van der Waals surface area contributed by atoms with Crippen molar-refractivity contribution in [1.29, 1.82) is 0 Å². The first kappa shape index (κ1) is 27.3. The van der Waals surface area contributed by atoms with Crippen LogP contribution in [0.25, 0.3) is 23.2 Å². The van der Waals surface area contributed by atoms with Crippen molar-refractivity contribution in [3.05, 3.63) is 98.5 Å². The van der Waals surface area contributed by atoms with Gasteiger partial charge in [-0.2, -0.15) is 0 Å². The second kappa shape index (κ2) is 12.0. The van der Waals surface area contributed by atoms with Crippen LogP contribution in [0.5, 0.6) is 5.75 Å². The molecule has 5 rings (SSSR count). The monoisotopic (exact) mass is 612 g/mol. The molecule has 1 amide bonds. The van der Waals surface area contributed by atoms with E-state index in [1.807, 2.05) is 0 Å². The standard InChI is InChI=1S/C30H26ClF3N6O3/c1-16(41)39-30(2,3)29-35-10-9-21(38-29)26-25(34)27-17(13-37-26)7-5-4-6-8-19-12-23(24(31)28(42)40(19)27)43-15-22-20(33)11-18(32)14-36-22/h5,7,9-14H,4,6,8,15H2,1-3H3,(H,39,41)/b7-5+/i15D2. The van der Waals surface area contributed by atoms with Gasteiger partial charge in [-0.1, -0.05) is 23.8 Å². The number of fused-ring (bicyclic) bond motifs is 3. The molecule has 0 fully saturated rings. The second-order valence-corrected chi connectivity index (χ2v) is 10.6.